The van der Waals surface area contributed by atoms with Crippen LogP contribution in [0, 0.1) is 0 Å². The van der Waals surface area contributed by atoms with Crippen molar-refractivity contribution < 1.29 is 5.11 Å². The number of thioether (sulfide) groups is 1. The van der Waals surface area contributed by atoms with Gasteiger partial charge in [0.1, 0.15) is 0 Å². The Morgan fingerprint density at radius 2 is 2.06 bits per heavy atom. The molecule has 1 rings (SSSR count). The molecule has 0 bridgehead atoms. The summed E-state index contributed by atoms with van der Waals surface area (Å²) in [4.78, 5) is 0. The van der Waals surface area contributed by atoms with E-state index >= 15 is 0 Å². The van der Waals surface area contributed by atoms with Gasteiger partial charge < -0.3 is 10.4 Å². The van der Waals surface area contributed by atoms with Crippen molar-refractivity contribution in [3.8, 4) is 0 Å². The van der Waals surface area contributed by atoms with E-state index in [4.69, 9.17) is 0 Å². The molecule has 0 radical (unpaired) electrons. The molecule has 0 heterocycles. The lowest BCUT2D eigenvalue weighted by atomic mass is 10.0. The van der Waals surface area contributed by atoms with Gasteiger partial charge in [-0.2, -0.15) is 11.8 Å². The highest BCUT2D eigenvalue weighted by molar-refractivity contribution is 7.99. The van der Waals surface area contributed by atoms with Crippen molar-refractivity contribution in [3.63, 3.8) is 0 Å². The fourth-order valence-corrected chi connectivity index (χ4v) is 3.14. The molecule has 2 nitrogen and oxygen atoms in total. The first-order chi connectivity index (χ1) is 7.74. The van der Waals surface area contributed by atoms with Crippen LogP contribution in [0.5, 0.6) is 0 Å². The minimum absolute atomic E-state index is 0.122. The molecule has 1 aliphatic carbocycles. The maximum atomic E-state index is 10.0. The Balaban J connectivity index is 2.22. The highest BCUT2D eigenvalue weighted by Crippen LogP contribution is 2.19. The standard InChI is InChI=1S/C13H27NOS/c1-3-16-10-9-11(2)14-12-7-5-4-6-8-13(12)15/h11-15H,3-10H2,1-2H3. The Hall–Kier alpha value is 0.270. The van der Waals surface area contributed by atoms with Crippen LogP contribution in [0.15, 0.2) is 0 Å². The minimum Gasteiger partial charge on any atom is -0.392 e. The van der Waals surface area contributed by atoms with E-state index in [1.54, 1.807) is 0 Å². The number of aliphatic hydroxyl groups is 1. The number of hydrogen-bond donors (Lipinski definition) is 2. The van der Waals surface area contributed by atoms with Crippen molar-refractivity contribution in [3.05, 3.63) is 0 Å². The van der Waals surface area contributed by atoms with Crippen molar-refractivity contribution in [2.24, 2.45) is 0 Å². The zero-order valence-electron chi connectivity index (χ0n) is 10.7. The quantitative estimate of drug-likeness (QED) is 0.557. The molecule has 16 heavy (non-hydrogen) atoms. The summed E-state index contributed by atoms with van der Waals surface area (Å²) in [6, 6.07) is 0.876. The van der Waals surface area contributed by atoms with Gasteiger partial charge in [0.2, 0.25) is 0 Å². The average molecular weight is 245 g/mol. The molecule has 2 N–H and O–H groups in total. The third-order valence-electron chi connectivity index (χ3n) is 3.38. The highest BCUT2D eigenvalue weighted by atomic mass is 32.2. The monoisotopic (exact) mass is 245 g/mol. The van der Waals surface area contributed by atoms with Crippen LogP contribution in [0.2, 0.25) is 0 Å². The maximum absolute atomic E-state index is 10.0. The first-order valence-electron chi connectivity index (χ1n) is 6.76. The molecule has 0 saturated heterocycles. The predicted octanol–water partition coefficient (Wildman–Crippen LogP) is 2.80. The van der Waals surface area contributed by atoms with Crippen molar-refractivity contribution in [1.29, 1.82) is 0 Å². The molecular weight excluding hydrogens is 218 g/mol. The molecule has 0 aromatic rings. The number of hydrogen-bond acceptors (Lipinski definition) is 3. The molecule has 96 valence electrons. The summed E-state index contributed by atoms with van der Waals surface area (Å²) in [6.07, 6.45) is 6.96. The fourth-order valence-electron chi connectivity index (χ4n) is 2.34. The van der Waals surface area contributed by atoms with Gasteiger partial charge in [-0.1, -0.05) is 26.2 Å². The fraction of sp³-hybridized carbons (Fsp3) is 1.00. The molecule has 0 aliphatic heterocycles. The zero-order valence-corrected chi connectivity index (χ0v) is 11.6. The second-order valence-electron chi connectivity index (χ2n) is 4.87. The van der Waals surface area contributed by atoms with Crippen LogP contribution < -0.4 is 5.32 Å². The SMILES string of the molecule is CCSCCC(C)NC1CCCCCC1O. The van der Waals surface area contributed by atoms with Gasteiger partial charge in [0.15, 0.2) is 0 Å². The summed E-state index contributed by atoms with van der Waals surface area (Å²) < 4.78 is 0. The molecule has 1 fully saturated rings. The second-order valence-corrected chi connectivity index (χ2v) is 6.26. The molecular formula is C13H27NOS. The van der Waals surface area contributed by atoms with Crippen molar-refractivity contribution in [1.82, 2.24) is 5.32 Å². The molecule has 3 atom stereocenters. The first kappa shape index (κ1) is 14.3. The molecule has 0 aromatic carbocycles. The summed E-state index contributed by atoms with van der Waals surface area (Å²) in [6.45, 7) is 4.45. The van der Waals surface area contributed by atoms with Crippen molar-refractivity contribution >= 4 is 11.8 Å². The Kier molecular flexibility index (Phi) is 7.50. The van der Waals surface area contributed by atoms with Gasteiger partial charge in [-0.25, -0.2) is 0 Å². The van der Waals surface area contributed by atoms with E-state index in [2.05, 4.69) is 19.2 Å². The topological polar surface area (TPSA) is 32.3 Å². The molecule has 1 saturated carbocycles. The average Bonchev–Trinajstić information content (AvgIpc) is 2.45. The van der Waals surface area contributed by atoms with Crippen molar-refractivity contribution in [2.45, 2.75) is 70.6 Å². The summed E-state index contributed by atoms with van der Waals surface area (Å²) in [7, 11) is 0. The lowest BCUT2D eigenvalue weighted by Gasteiger charge is -2.26. The van der Waals surface area contributed by atoms with Gasteiger partial charge in [0, 0.05) is 12.1 Å². The third kappa shape index (κ3) is 5.55. The van der Waals surface area contributed by atoms with E-state index in [9.17, 15) is 5.11 Å². The summed E-state index contributed by atoms with van der Waals surface area (Å²) >= 11 is 2.00. The van der Waals surface area contributed by atoms with Crippen LogP contribution in [-0.2, 0) is 0 Å². The van der Waals surface area contributed by atoms with E-state index in [1.807, 2.05) is 11.8 Å². The number of rotatable bonds is 6. The lowest BCUT2D eigenvalue weighted by Crippen LogP contribution is -2.44. The van der Waals surface area contributed by atoms with E-state index in [0.29, 0.717) is 12.1 Å². The highest BCUT2D eigenvalue weighted by Gasteiger charge is 2.22. The predicted molar refractivity (Wildman–Crippen MR) is 73.1 cm³/mol. The Bertz CT molecular complexity index is 177. The Morgan fingerprint density at radius 1 is 1.31 bits per heavy atom. The van der Waals surface area contributed by atoms with Gasteiger partial charge in [-0.15, -0.1) is 0 Å². The molecule has 0 amide bonds. The summed E-state index contributed by atoms with van der Waals surface area (Å²) in [5, 5.41) is 13.6. The van der Waals surface area contributed by atoms with Crippen LogP contribution in [-0.4, -0.2) is 34.8 Å². The number of nitrogens with one attached hydrogen (secondary N) is 1. The van der Waals surface area contributed by atoms with Gasteiger partial charge in [0.25, 0.3) is 0 Å². The lowest BCUT2D eigenvalue weighted by molar-refractivity contribution is 0.114. The van der Waals surface area contributed by atoms with Crippen LogP contribution in [0.25, 0.3) is 0 Å². The van der Waals surface area contributed by atoms with Crippen LogP contribution >= 0.6 is 11.8 Å². The minimum atomic E-state index is -0.122. The first-order valence-corrected chi connectivity index (χ1v) is 7.91. The van der Waals surface area contributed by atoms with Gasteiger partial charge in [-0.05, 0) is 37.7 Å². The second kappa shape index (κ2) is 8.37. The van der Waals surface area contributed by atoms with E-state index in [1.165, 1.54) is 37.2 Å². The van der Waals surface area contributed by atoms with Crippen LogP contribution in [0.3, 0.4) is 0 Å². The normalized spacial score (nSPS) is 28.7. The number of aliphatic hydroxyl groups excluding tert-OH is 1. The Labute approximate surface area is 105 Å². The third-order valence-corrected chi connectivity index (χ3v) is 4.31. The van der Waals surface area contributed by atoms with Crippen LogP contribution in [0.4, 0.5) is 0 Å². The van der Waals surface area contributed by atoms with Crippen LogP contribution in [0.1, 0.15) is 52.4 Å². The Morgan fingerprint density at radius 3 is 2.81 bits per heavy atom. The van der Waals surface area contributed by atoms with Gasteiger partial charge >= 0.3 is 0 Å². The van der Waals surface area contributed by atoms with Gasteiger partial charge in [-0.3, -0.25) is 0 Å². The largest absolute Gasteiger partial charge is 0.392 e. The van der Waals surface area contributed by atoms with Gasteiger partial charge in [0.05, 0.1) is 6.10 Å². The summed E-state index contributed by atoms with van der Waals surface area (Å²) in [5.41, 5.74) is 0. The molecule has 1 aliphatic rings. The van der Waals surface area contributed by atoms with E-state index < -0.39 is 0 Å². The summed E-state index contributed by atoms with van der Waals surface area (Å²) in [5.74, 6) is 2.44. The molecule has 3 unspecified atom stereocenters. The zero-order chi connectivity index (χ0) is 11.8. The van der Waals surface area contributed by atoms with E-state index in [0.717, 1.165) is 12.8 Å². The molecule has 3 heteroatoms. The maximum Gasteiger partial charge on any atom is 0.0693 e. The smallest absolute Gasteiger partial charge is 0.0693 e. The molecule has 0 aromatic heterocycles. The molecule has 0 spiro atoms. The van der Waals surface area contributed by atoms with E-state index in [-0.39, 0.29) is 6.10 Å². The van der Waals surface area contributed by atoms with Crippen molar-refractivity contribution in [2.75, 3.05) is 11.5 Å².